The third-order valence-corrected chi connectivity index (χ3v) is 3.64. The molecular formula is C10H11NO3S. The van der Waals surface area contributed by atoms with Crippen molar-refractivity contribution in [2.45, 2.75) is 4.90 Å². The van der Waals surface area contributed by atoms with Crippen molar-refractivity contribution >= 4 is 10.0 Å². The molecule has 0 unspecified atom stereocenters. The van der Waals surface area contributed by atoms with Crippen molar-refractivity contribution in [3.8, 4) is 18.1 Å². The molecule has 0 aliphatic carbocycles. The summed E-state index contributed by atoms with van der Waals surface area (Å²) in [4.78, 5) is 0.0280. The third-order valence-electron chi connectivity index (χ3n) is 1.84. The van der Waals surface area contributed by atoms with E-state index in [9.17, 15) is 8.42 Å². The van der Waals surface area contributed by atoms with Crippen LogP contribution in [0.3, 0.4) is 0 Å². The van der Waals surface area contributed by atoms with Gasteiger partial charge >= 0.3 is 0 Å². The summed E-state index contributed by atoms with van der Waals surface area (Å²) in [5.41, 5.74) is 0. The molecule has 0 radical (unpaired) electrons. The molecule has 4 nitrogen and oxygen atoms in total. The first-order valence-electron chi connectivity index (χ1n) is 4.17. The average molecular weight is 225 g/mol. The van der Waals surface area contributed by atoms with Crippen molar-refractivity contribution < 1.29 is 13.5 Å². The van der Waals surface area contributed by atoms with Gasteiger partial charge in [-0.2, -0.15) is 4.31 Å². The fourth-order valence-corrected chi connectivity index (χ4v) is 2.16. The molecule has 1 N–H and O–H groups in total. The summed E-state index contributed by atoms with van der Waals surface area (Å²) >= 11 is 0. The second kappa shape index (κ2) is 4.34. The van der Waals surface area contributed by atoms with Crippen LogP contribution in [0, 0.1) is 12.3 Å². The van der Waals surface area contributed by atoms with Gasteiger partial charge in [0.15, 0.2) is 0 Å². The molecule has 0 amide bonds. The summed E-state index contributed by atoms with van der Waals surface area (Å²) in [5, 5.41) is 9.16. The van der Waals surface area contributed by atoms with Gasteiger partial charge in [0, 0.05) is 7.05 Å². The second-order valence-electron chi connectivity index (χ2n) is 2.96. The first kappa shape index (κ1) is 11.6. The molecule has 0 atom stereocenters. The van der Waals surface area contributed by atoms with Gasteiger partial charge in [-0.1, -0.05) is 12.0 Å². The number of nitrogens with zero attached hydrogens (tertiary/aromatic N) is 1. The van der Waals surface area contributed by atoms with Crippen molar-refractivity contribution in [1.82, 2.24) is 4.31 Å². The molecule has 80 valence electrons. The van der Waals surface area contributed by atoms with E-state index in [0.29, 0.717) is 0 Å². The zero-order valence-corrected chi connectivity index (χ0v) is 9.03. The van der Waals surface area contributed by atoms with E-state index < -0.39 is 10.0 Å². The molecule has 5 heteroatoms. The van der Waals surface area contributed by atoms with Crippen molar-refractivity contribution in [3.05, 3.63) is 24.3 Å². The molecule has 0 aromatic heterocycles. The molecule has 0 aliphatic rings. The molecule has 0 fully saturated rings. The predicted molar refractivity (Wildman–Crippen MR) is 56.8 cm³/mol. The van der Waals surface area contributed by atoms with Gasteiger partial charge in [-0.15, -0.1) is 6.42 Å². The maximum atomic E-state index is 11.8. The minimum Gasteiger partial charge on any atom is -0.508 e. The Labute approximate surface area is 89.2 Å². The molecule has 0 spiro atoms. The van der Waals surface area contributed by atoms with Crippen LogP contribution >= 0.6 is 0 Å². The van der Waals surface area contributed by atoms with E-state index >= 15 is 0 Å². The SMILES string of the molecule is C#CCN(C)S(=O)(=O)c1cccc(O)c1. The molecule has 0 saturated heterocycles. The van der Waals surface area contributed by atoms with Crippen LogP contribution in [0.4, 0.5) is 0 Å². The molecule has 0 saturated carbocycles. The van der Waals surface area contributed by atoms with Crippen LogP contribution in [0.2, 0.25) is 0 Å². The third kappa shape index (κ3) is 2.49. The van der Waals surface area contributed by atoms with E-state index in [0.717, 1.165) is 4.31 Å². The van der Waals surface area contributed by atoms with Gasteiger partial charge in [-0.05, 0) is 18.2 Å². The monoisotopic (exact) mass is 225 g/mol. The number of hydrogen-bond donors (Lipinski definition) is 1. The maximum Gasteiger partial charge on any atom is 0.243 e. The fraction of sp³-hybridized carbons (Fsp3) is 0.200. The molecule has 0 bridgehead atoms. The van der Waals surface area contributed by atoms with E-state index in [1.54, 1.807) is 0 Å². The Kier molecular flexibility index (Phi) is 3.35. The van der Waals surface area contributed by atoms with Crippen molar-refractivity contribution in [1.29, 1.82) is 0 Å². The number of hydrogen-bond acceptors (Lipinski definition) is 3. The highest BCUT2D eigenvalue weighted by molar-refractivity contribution is 7.89. The Morgan fingerprint density at radius 3 is 2.73 bits per heavy atom. The highest BCUT2D eigenvalue weighted by Gasteiger charge is 2.19. The highest BCUT2D eigenvalue weighted by Crippen LogP contribution is 2.18. The Morgan fingerprint density at radius 2 is 2.20 bits per heavy atom. The lowest BCUT2D eigenvalue weighted by atomic mass is 10.3. The van der Waals surface area contributed by atoms with E-state index in [2.05, 4.69) is 5.92 Å². The van der Waals surface area contributed by atoms with Crippen LogP contribution in [0.1, 0.15) is 0 Å². The van der Waals surface area contributed by atoms with E-state index in [1.807, 2.05) is 0 Å². The van der Waals surface area contributed by atoms with Crippen LogP contribution in [0.15, 0.2) is 29.2 Å². The molecule has 0 heterocycles. The zero-order valence-electron chi connectivity index (χ0n) is 8.21. The summed E-state index contributed by atoms with van der Waals surface area (Å²) in [6.45, 7) is -0.00199. The Hall–Kier alpha value is -1.51. The number of aromatic hydroxyl groups is 1. The lowest BCUT2D eigenvalue weighted by Gasteiger charge is -2.14. The Bertz CT molecular complexity index is 488. The summed E-state index contributed by atoms with van der Waals surface area (Å²) in [6.07, 6.45) is 5.03. The van der Waals surface area contributed by atoms with Crippen LogP contribution in [-0.4, -0.2) is 31.4 Å². The number of sulfonamides is 1. The molecular weight excluding hydrogens is 214 g/mol. The highest BCUT2D eigenvalue weighted by atomic mass is 32.2. The van der Waals surface area contributed by atoms with Gasteiger partial charge in [0.05, 0.1) is 11.4 Å². The molecule has 15 heavy (non-hydrogen) atoms. The van der Waals surface area contributed by atoms with E-state index in [1.165, 1.54) is 31.3 Å². The molecule has 0 aliphatic heterocycles. The maximum absolute atomic E-state index is 11.8. The van der Waals surface area contributed by atoms with E-state index in [-0.39, 0.29) is 17.2 Å². The van der Waals surface area contributed by atoms with Gasteiger partial charge in [0.25, 0.3) is 0 Å². The quantitative estimate of drug-likeness (QED) is 0.768. The normalized spacial score (nSPS) is 11.3. The fourth-order valence-electron chi connectivity index (χ4n) is 1.04. The van der Waals surface area contributed by atoms with E-state index in [4.69, 9.17) is 11.5 Å². The molecule has 1 aromatic carbocycles. The number of benzene rings is 1. The lowest BCUT2D eigenvalue weighted by molar-refractivity contribution is 0.470. The van der Waals surface area contributed by atoms with Gasteiger partial charge in [-0.25, -0.2) is 8.42 Å². The standard InChI is InChI=1S/C10H11NO3S/c1-3-7-11(2)15(13,14)10-6-4-5-9(12)8-10/h1,4-6,8,12H,7H2,2H3. The zero-order chi connectivity index (χ0) is 11.5. The van der Waals surface area contributed by atoms with Crippen LogP contribution in [0.25, 0.3) is 0 Å². The van der Waals surface area contributed by atoms with Gasteiger partial charge in [-0.3, -0.25) is 0 Å². The molecule has 1 rings (SSSR count). The van der Waals surface area contributed by atoms with Gasteiger partial charge in [0.2, 0.25) is 10.0 Å². The average Bonchev–Trinajstić information content (AvgIpc) is 2.18. The smallest absolute Gasteiger partial charge is 0.243 e. The summed E-state index contributed by atoms with van der Waals surface area (Å²) in [5.74, 6) is 2.15. The first-order chi connectivity index (χ1) is 6.98. The number of rotatable bonds is 3. The van der Waals surface area contributed by atoms with Gasteiger partial charge < -0.3 is 5.11 Å². The largest absolute Gasteiger partial charge is 0.508 e. The minimum absolute atomic E-state index is 0.00199. The van der Waals surface area contributed by atoms with Crippen LogP contribution < -0.4 is 0 Å². The summed E-state index contributed by atoms with van der Waals surface area (Å²) in [6, 6.07) is 5.45. The number of phenolic OH excluding ortho intramolecular Hbond substituents is 1. The van der Waals surface area contributed by atoms with Crippen molar-refractivity contribution in [2.24, 2.45) is 0 Å². The first-order valence-corrected chi connectivity index (χ1v) is 5.61. The van der Waals surface area contributed by atoms with Crippen LogP contribution in [-0.2, 0) is 10.0 Å². The number of phenols is 1. The second-order valence-corrected chi connectivity index (χ2v) is 5.01. The van der Waals surface area contributed by atoms with Crippen molar-refractivity contribution in [3.63, 3.8) is 0 Å². The van der Waals surface area contributed by atoms with Gasteiger partial charge in [0.1, 0.15) is 5.75 Å². The Morgan fingerprint density at radius 1 is 1.53 bits per heavy atom. The summed E-state index contributed by atoms with van der Waals surface area (Å²) < 4.78 is 24.6. The predicted octanol–water partition coefficient (Wildman–Crippen LogP) is 0.646. The lowest BCUT2D eigenvalue weighted by Crippen LogP contribution is -2.27. The topological polar surface area (TPSA) is 57.6 Å². The van der Waals surface area contributed by atoms with Crippen LogP contribution in [0.5, 0.6) is 5.75 Å². The summed E-state index contributed by atoms with van der Waals surface area (Å²) in [7, 11) is -2.20. The van der Waals surface area contributed by atoms with Crippen molar-refractivity contribution in [2.75, 3.05) is 13.6 Å². The molecule has 1 aromatic rings. The minimum atomic E-state index is -3.59. The Balaban J connectivity index is 3.13. The number of terminal acetylenes is 1.